The number of hydrogen-bond acceptors (Lipinski definition) is 4. The number of nitrogens with zero attached hydrogens (tertiary/aromatic N) is 2. The van der Waals surface area contributed by atoms with Crippen molar-refractivity contribution in [1.29, 1.82) is 0 Å². The van der Waals surface area contributed by atoms with Crippen molar-refractivity contribution in [2.24, 2.45) is 0 Å². The van der Waals surface area contributed by atoms with Crippen LogP contribution in [0.15, 0.2) is 53.4 Å². The predicted octanol–water partition coefficient (Wildman–Crippen LogP) is 2.97. The number of phenolic OH excluding ortho intramolecular Hbond substituents is 1. The van der Waals surface area contributed by atoms with Crippen molar-refractivity contribution >= 4 is 23.4 Å². The lowest BCUT2D eigenvalue weighted by Gasteiger charge is -2.36. The average Bonchev–Trinajstić information content (AvgIpc) is 2.62. The van der Waals surface area contributed by atoms with Crippen molar-refractivity contribution in [2.45, 2.75) is 4.90 Å². The van der Waals surface area contributed by atoms with E-state index in [2.05, 4.69) is 4.90 Å². The summed E-state index contributed by atoms with van der Waals surface area (Å²) in [6.45, 7) is 2.92. The monoisotopic (exact) mass is 346 g/mol. The maximum absolute atomic E-state index is 12.9. The molecule has 0 spiro atoms. The second-order valence-corrected chi connectivity index (χ2v) is 6.68. The first-order valence-corrected chi connectivity index (χ1v) is 8.80. The molecule has 3 rings (SSSR count). The predicted molar refractivity (Wildman–Crippen MR) is 94.0 cm³/mol. The number of halogens is 1. The summed E-state index contributed by atoms with van der Waals surface area (Å²) in [7, 11) is 0. The minimum Gasteiger partial charge on any atom is -0.508 e. The van der Waals surface area contributed by atoms with Crippen LogP contribution in [0.25, 0.3) is 0 Å². The van der Waals surface area contributed by atoms with Crippen LogP contribution < -0.4 is 4.90 Å². The molecule has 0 saturated carbocycles. The smallest absolute Gasteiger partial charge is 0.233 e. The molecule has 2 aromatic carbocycles. The van der Waals surface area contributed by atoms with Gasteiger partial charge in [0.05, 0.1) is 5.75 Å². The van der Waals surface area contributed by atoms with Gasteiger partial charge in [-0.15, -0.1) is 11.8 Å². The summed E-state index contributed by atoms with van der Waals surface area (Å²) in [4.78, 5) is 17.3. The Hall–Kier alpha value is -2.21. The highest BCUT2D eigenvalue weighted by Crippen LogP contribution is 2.21. The van der Waals surface area contributed by atoms with Gasteiger partial charge in [-0.25, -0.2) is 4.39 Å². The summed E-state index contributed by atoms with van der Waals surface area (Å²) in [6, 6.07) is 13.3. The molecule has 1 saturated heterocycles. The Kier molecular flexibility index (Phi) is 5.25. The van der Waals surface area contributed by atoms with Crippen LogP contribution in [0.1, 0.15) is 0 Å². The van der Waals surface area contributed by atoms with Crippen LogP contribution in [-0.4, -0.2) is 47.8 Å². The van der Waals surface area contributed by atoms with E-state index in [0.29, 0.717) is 18.8 Å². The molecule has 0 unspecified atom stereocenters. The Morgan fingerprint density at radius 3 is 2.25 bits per heavy atom. The van der Waals surface area contributed by atoms with Gasteiger partial charge < -0.3 is 14.9 Å². The second-order valence-electron chi connectivity index (χ2n) is 5.63. The maximum Gasteiger partial charge on any atom is 0.233 e. The van der Waals surface area contributed by atoms with E-state index in [-0.39, 0.29) is 17.5 Å². The molecule has 1 fully saturated rings. The van der Waals surface area contributed by atoms with Gasteiger partial charge in [-0.2, -0.15) is 0 Å². The van der Waals surface area contributed by atoms with E-state index in [1.54, 1.807) is 24.3 Å². The zero-order valence-corrected chi connectivity index (χ0v) is 14.0. The summed E-state index contributed by atoms with van der Waals surface area (Å²) < 4.78 is 12.9. The summed E-state index contributed by atoms with van der Waals surface area (Å²) in [5, 5.41) is 9.34. The number of phenols is 1. The van der Waals surface area contributed by atoms with Crippen LogP contribution in [0.2, 0.25) is 0 Å². The van der Waals surface area contributed by atoms with Crippen molar-refractivity contribution in [3.05, 3.63) is 54.3 Å². The van der Waals surface area contributed by atoms with E-state index >= 15 is 0 Å². The van der Waals surface area contributed by atoms with Gasteiger partial charge in [-0.1, -0.05) is 0 Å². The van der Waals surface area contributed by atoms with E-state index in [1.807, 2.05) is 17.0 Å². The molecule has 1 N–H and O–H groups in total. The Morgan fingerprint density at radius 1 is 1.00 bits per heavy atom. The molecule has 1 aliphatic rings. The number of anilines is 1. The first-order chi connectivity index (χ1) is 11.6. The Balaban J connectivity index is 1.48. The fourth-order valence-corrected chi connectivity index (χ4v) is 3.45. The molecular weight excluding hydrogens is 327 g/mol. The molecule has 4 nitrogen and oxygen atoms in total. The van der Waals surface area contributed by atoms with Crippen molar-refractivity contribution in [2.75, 3.05) is 36.8 Å². The topological polar surface area (TPSA) is 43.8 Å². The molecule has 6 heteroatoms. The number of benzene rings is 2. The highest BCUT2D eigenvalue weighted by Gasteiger charge is 2.21. The molecule has 24 heavy (non-hydrogen) atoms. The lowest BCUT2D eigenvalue weighted by molar-refractivity contribution is -0.128. The zero-order chi connectivity index (χ0) is 16.9. The molecule has 1 aliphatic heterocycles. The fraction of sp³-hybridized carbons (Fsp3) is 0.278. The lowest BCUT2D eigenvalue weighted by Crippen LogP contribution is -2.49. The van der Waals surface area contributed by atoms with E-state index < -0.39 is 0 Å². The van der Waals surface area contributed by atoms with Gasteiger partial charge in [-0.3, -0.25) is 4.79 Å². The van der Waals surface area contributed by atoms with Gasteiger partial charge in [0.2, 0.25) is 5.91 Å². The molecule has 2 aromatic rings. The highest BCUT2D eigenvalue weighted by molar-refractivity contribution is 8.00. The molecule has 126 valence electrons. The van der Waals surface area contributed by atoms with Crippen LogP contribution in [0, 0.1) is 5.82 Å². The lowest BCUT2D eigenvalue weighted by atomic mass is 10.2. The molecule has 1 amide bonds. The molecule has 0 aromatic heterocycles. The number of hydrogen-bond donors (Lipinski definition) is 1. The van der Waals surface area contributed by atoms with Crippen LogP contribution in [0.5, 0.6) is 5.75 Å². The van der Waals surface area contributed by atoms with E-state index in [1.165, 1.54) is 23.9 Å². The Labute approximate surface area is 144 Å². The van der Waals surface area contributed by atoms with Gasteiger partial charge in [0.15, 0.2) is 0 Å². The third kappa shape index (κ3) is 4.20. The molecule has 0 atom stereocenters. The van der Waals surface area contributed by atoms with E-state index in [9.17, 15) is 14.3 Å². The largest absolute Gasteiger partial charge is 0.508 e. The summed E-state index contributed by atoms with van der Waals surface area (Å²) in [5.41, 5.74) is 1.06. The molecular formula is C18H19FN2O2S. The minimum absolute atomic E-state index is 0.106. The SMILES string of the molecule is O=C(CSc1ccc(F)cc1)N1CCN(c2ccc(O)cc2)CC1. The zero-order valence-electron chi connectivity index (χ0n) is 13.2. The number of thioether (sulfide) groups is 1. The van der Waals surface area contributed by atoms with Crippen molar-refractivity contribution < 1.29 is 14.3 Å². The fourth-order valence-electron chi connectivity index (χ4n) is 2.64. The second kappa shape index (κ2) is 7.57. The normalized spacial score (nSPS) is 14.7. The van der Waals surface area contributed by atoms with Crippen molar-refractivity contribution in [3.8, 4) is 5.75 Å². The molecule has 0 aliphatic carbocycles. The Bertz CT molecular complexity index is 683. The van der Waals surface area contributed by atoms with Gasteiger partial charge >= 0.3 is 0 Å². The average molecular weight is 346 g/mol. The van der Waals surface area contributed by atoms with E-state index in [0.717, 1.165) is 23.7 Å². The highest BCUT2D eigenvalue weighted by atomic mass is 32.2. The number of carbonyl (C=O) groups is 1. The number of rotatable bonds is 4. The first-order valence-electron chi connectivity index (χ1n) is 7.82. The van der Waals surface area contributed by atoms with Gasteiger partial charge in [0.25, 0.3) is 0 Å². The number of amides is 1. The van der Waals surface area contributed by atoms with Crippen LogP contribution in [-0.2, 0) is 4.79 Å². The maximum atomic E-state index is 12.9. The molecule has 1 heterocycles. The Morgan fingerprint density at radius 2 is 1.62 bits per heavy atom. The standard InChI is InChI=1S/C18H19FN2O2S/c19-14-1-7-17(8-2-14)24-13-18(23)21-11-9-20(10-12-21)15-3-5-16(22)6-4-15/h1-8,22H,9-13H2. The quantitative estimate of drug-likeness (QED) is 0.865. The van der Waals surface area contributed by atoms with E-state index in [4.69, 9.17) is 0 Å². The third-order valence-electron chi connectivity index (χ3n) is 4.02. The minimum atomic E-state index is -0.268. The van der Waals surface area contributed by atoms with Crippen LogP contribution in [0.3, 0.4) is 0 Å². The molecule has 0 radical (unpaired) electrons. The number of piperazine rings is 1. The third-order valence-corrected chi connectivity index (χ3v) is 5.02. The van der Waals surface area contributed by atoms with Crippen LogP contribution in [0.4, 0.5) is 10.1 Å². The van der Waals surface area contributed by atoms with Gasteiger partial charge in [0.1, 0.15) is 11.6 Å². The number of carbonyl (C=O) groups excluding carboxylic acids is 1. The van der Waals surface area contributed by atoms with Crippen molar-refractivity contribution in [1.82, 2.24) is 4.90 Å². The van der Waals surface area contributed by atoms with Gasteiger partial charge in [0, 0.05) is 36.8 Å². The summed E-state index contributed by atoms with van der Waals surface area (Å²) in [5.74, 6) is 0.460. The number of aromatic hydroxyl groups is 1. The summed E-state index contributed by atoms with van der Waals surface area (Å²) in [6.07, 6.45) is 0. The molecule has 0 bridgehead atoms. The van der Waals surface area contributed by atoms with Crippen LogP contribution >= 0.6 is 11.8 Å². The van der Waals surface area contributed by atoms with Crippen molar-refractivity contribution in [3.63, 3.8) is 0 Å². The summed E-state index contributed by atoms with van der Waals surface area (Å²) >= 11 is 1.43. The first kappa shape index (κ1) is 16.6. The van der Waals surface area contributed by atoms with Gasteiger partial charge in [-0.05, 0) is 48.5 Å².